The summed E-state index contributed by atoms with van der Waals surface area (Å²) in [5.74, 6) is 0.0758. The molecule has 0 fully saturated rings. The molecule has 0 aliphatic rings. The summed E-state index contributed by atoms with van der Waals surface area (Å²) in [6.45, 7) is 3.86. The van der Waals surface area contributed by atoms with E-state index in [0.29, 0.717) is 6.42 Å². The molecule has 3 heteroatoms. The van der Waals surface area contributed by atoms with Gasteiger partial charge >= 0.3 is 0 Å². The van der Waals surface area contributed by atoms with Gasteiger partial charge in [0.25, 0.3) is 0 Å². The third-order valence-corrected chi connectivity index (χ3v) is 2.28. The Bertz CT molecular complexity index is 254. The van der Waals surface area contributed by atoms with Crippen LogP contribution in [-0.4, -0.2) is 5.91 Å². The number of carbonyl (C=O) groups is 1. The van der Waals surface area contributed by atoms with Crippen LogP contribution in [0.4, 0.5) is 5.00 Å². The molecule has 1 heterocycles. The van der Waals surface area contributed by atoms with E-state index in [-0.39, 0.29) is 5.91 Å². The number of rotatable bonds is 2. The van der Waals surface area contributed by atoms with Crippen molar-refractivity contribution in [1.29, 1.82) is 0 Å². The molecule has 0 saturated carbocycles. The number of hydrogen-bond donors (Lipinski definition) is 1. The number of thiophene rings is 1. The Balaban J connectivity index is 2.57. The van der Waals surface area contributed by atoms with Gasteiger partial charge in [-0.2, -0.15) is 0 Å². The second kappa shape index (κ2) is 3.53. The highest BCUT2D eigenvalue weighted by atomic mass is 32.1. The van der Waals surface area contributed by atoms with Crippen LogP contribution < -0.4 is 5.32 Å². The van der Waals surface area contributed by atoms with Crippen LogP contribution in [0.1, 0.15) is 18.9 Å². The van der Waals surface area contributed by atoms with Gasteiger partial charge in [0.05, 0.1) is 5.00 Å². The zero-order valence-electron chi connectivity index (χ0n) is 6.68. The number of aryl methyl sites for hydroxylation is 1. The van der Waals surface area contributed by atoms with Crippen LogP contribution in [0.3, 0.4) is 0 Å². The Hall–Kier alpha value is -0.830. The average molecular weight is 169 g/mol. The van der Waals surface area contributed by atoms with Crippen molar-refractivity contribution in [3.63, 3.8) is 0 Å². The third kappa shape index (κ3) is 2.35. The fourth-order valence-electron chi connectivity index (χ4n) is 0.723. The molecule has 0 atom stereocenters. The van der Waals surface area contributed by atoms with Gasteiger partial charge in [0.1, 0.15) is 0 Å². The van der Waals surface area contributed by atoms with Gasteiger partial charge in [-0.1, -0.05) is 6.92 Å². The molecule has 0 aliphatic heterocycles. The maximum absolute atomic E-state index is 10.9. The van der Waals surface area contributed by atoms with Gasteiger partial charge in [0.2, 0.25) is 5.91 Å². The second-order valence-electron chi connectivity index (χ2n) is 2.39. The first-order valence-corrected chi connectivity index (χ1v) is 4.45. The molecule has 1 aromatic rings. The Labute approximate surface area is 70.2 Å². The molecule has 0 bridgehead atoms. The minimum Gasteiger partial charge on any atom is -0.318 e. The van der Waals surface area contributed by atoms with E-state index < -0.39 is 0 Å². The standard InChI is InChI=1S/C8H11NOS/c1-3-7(10)9-8-4-6(2)5-11-8/h4-5H,3H2,1-2H3,(H,9,10). The lowest BCUT2D eigenvalue weighted by Crippen LogP contribution is -2.07. The molecule has 0 unspecified atom stereocenters. The highest BCUT2D eigenvalue weighted by molar-refractivity contribution is 7.14. The molecule has 1 amide bonds. The van der Waals surface area contributed by atoms with Crippen LogP contribution in [0.25, 0.3) is 0 Å². The minimum absolute atomic E-state index is 0.0758. The Morgan fingerprint density at radius 1 is 1.73 bits per heavy atom. The fourth-order valence-corrected chi connectivity index (χ4v) is 1.53. The van der Waals surface area contributed by atoms with Gasteiger partial charge in [-0.15, -0.1) is 11.3 Å². The van der Waals surface area contributed by atoms with Crippen molar-refractivity contribution in [1.82, 2.24) is 0 Å². The van der Waals surface area contributed by atoms with Crippen LogP contribution in [0, 0.1) is 6.92 Å². The van der Waals surface area contributed by atoms with E-state index in [1.807, 2.05) is 25.3 Å². The van der Waals surface area contributed by atoms with Crippen molar-refractivity contribution in [3.8, 4) is 0 Å². The average Bonchev–Trinajstić information content (AvgIpc) is 2.35. The van der Waals surface area contributed by atoms with Gasteiger partial charge in [-0.3, -0.25) is 4.79 Å². The highest BCUT2D eigenvalue weighted by Gasteiger charge is 1.99. The molecule has 1 rings (SSSR count). The summed E-state index contributed by atoms with van der Waals surface area (Å²) in [5, 5.41) is 5.75. The van der Waals surface area contributed by atoms with E-state index in [0.717, 1.165) is 5.00 Å². The van der Waals surface area contributed by atoms with Gasteiger partial charge < -0.3 is 5.32 Å². The molecule has 11 heavy (non-hydrogen) atoms. The first-order chi connectivity index (χ1) is 5.22. The van der Waals surface area contributed by atoms with Gasteiger partial charge in [0.15, 0.2) is 0 Å². The number of nitrogens with one attached hydrogen (secondary N) is 1. The van der Waals surface area contributed by atoms with E-state index in [1.165, 1.54) is 5.56 Å². The molecule has 0 aliphatic carbocycles. The van der Waals surface area contributed by atoms with E-state index in [4.69, 9.17) is 0 Å². The summed E-state index contributed by atoms with van der Waals surface area (Å²) in [6, 6.07) is 1.97. The summed E-state index contributed by atoms with van der Waals surface area (Å²) in [7, 11) is 0. The molecule has 60 valence electrons. The van der Waals surface area contributed by atoms with Crippen molar-refractivity contribution < 1.29 is 4.79 Å². The lowest BCUT2D eigenvalue weighted by atomic mass is 10.4. The van der Waals surface area contributed by atoms with Crippen LogP contribution in [0.15, 0.2) is 11.4 Å². The topological polar surface area (TPSA) is 29.1 Å². The quantitative estimate of drug-likeness (QED) is 0.723. The normalized spacial score (nSPS) is 9.64. The van der Waals surface area contributed by atoms with E-state index >= 15 is 0 Å². The Morgan fingerprint density at radius 3 is 2.91 bits per heavy atom. The monoisotopic (exact) mass is 169 g/mol. The minimum atomic E-state index is 0.0758. The number of anilines is 1. The molecular weight excluding hydrogens is 158 g/mol. The first-order valence-electron chi connectivity index (χ1n) is 3.57. The maximum atomic E-state index is 10.9. The number of hydrogen-bond acceptors (Lipinski definition) is 2. The van der Waals surface area contributed by atoms with Crippen molar-refractivity contribution in [2.45, 2.75) is 20.3 Å². The van der Waals surface area contributed by atoms with Crippen LogP contribution in [-0.2, 0) is 4.79 Å². The molecule has 0 spiro atoms. The molecule has 0 aromatic carbocycles. The van der Waals surface area contributed by atoms with E-state index in [2.05, 4.69) is 5.32 Å². The third-order valence-electron chi connectivity index (χ3n) is 1.31. The first kappa shape index (κ1) is 8.27. The predicted octanol–water partition coefficient (Wildman–Crippen LogP) is 2.41. The number of carbonyl (C=O) groups excluding carboxylic acids is 1. The predicted molar refractivity (Wildman–Crippen MR) is 48.0 cm³/mol. The lowest BCUT2D eigenvalue weighted by molar-refractivity contribution is -0.115. The Kier molecular flexibility index (Phi) is 2.65. The summed E-state index contributed by atoms with van der Waals surface area (Å²) in [5.41, 5.74) is 1.20. The second-order valence-corrected chi connectivity index (χ2v) is 3.30. The maximum Gasteiger partial charge on any atom is 0.224 e. The van der Waals surface area contributed by atoms with Crippen LogP contribution in [0.2, 0.25) is 0 Å². The van der Waals surface area contributed by atoms with Crippen molar-refractivity contribution in [2.24, 2.45) is 0 Å². The molecule has 1 aromatic heterocycles. The fraction of sp³-hybridized carbons (Fsp3) is 0.375. The molecular formula is C8H11NOS. The van der Waals surface area contributed by atoms with Crippen molar-refractivity contribution in [3.05, 3.63) is 17.0 Å². The lowest BCUT2D eigenvalue weighted by Gasteiger charge is -1.96. The molecule has 0 radical (unpaired) electrons. The highest BCUT2D eigenvalue weighted by Crippen LogP contribution is 2.19. The molecule has 2 nitrogen and oxygen atoms in total. The summed E-state index contributed by atoms with van der Waals surface area (Å²) in [4.78, 5) is 10.9. The van der Waals surface area contributed by atoms with Gasteiger partial charge in [-0.05, 0) is 23.9 Å². The van der Waals surface area contributed by atoms with Gasteiger partial charge in [0, 0.05) is 6.42 Å². The van der Waals surface area contributed by atoms with Crippen molar-refractivity contribution in [2.75, 3.05) is 5.32 Å². The van der Waals surface area contributed by atoms with E-state index in [1.54, 1.807) is 11.3 Å². The van der Waals surface area contributed by atoms with Gasteiger partial charge in [-0.25, -0.2) is 0 Å². The summed E-state index contributed by atoms with van der Waals surface area (Å²) < 4.78 is 0. The molecule has 0 saturated heterocycles. The van der Waals surface area contributed by atoms with Crippen LogP contribution >= 0.6 is 11.3 Å². The van der Waals surface area contributed by atoms with Crippen LogP contribution in [0.5, 0.6) is 0 Å². The van der Waals surface area contributed by atoms with E-state index in [9.17, 15) is 4.79 Å². The summed E-state index contributed by atoms with van der Waals surface area (Å²) in [6.07, 6.45) is 0.539. The smallest absolute Gasteiger partial charge is 0.224 e. The molecule has 1 N–H and O–H groups in total. The zero-order chi connectivity index (χ0) is 8.27. The summed E-state index contributed by atoms with van der Waals surface area (Å²) >= 11 is 1.56. The number of amides is 1. The largest absolute Gasteiger partial charge is 0.318 e. The van der Waals surface area contributed by atoms with Crippen molar-refractivity contribution >= 4 is 22.2 Å². The zero-order valence-corrected chi connectivity index (χ0v) is 7.49. The SMILES string of the molecule is CCC(=O)Nc1cc(C)cs1. The Morgan fingerprint density at radius 2 is 2.45 bits per heavy atom.